The maximum absolute atomic E-state index is 13.1. The first kappa shape index (κ1) is 21.8. The number of piperazine rings is 1. The molecule has 2 aromatic carbocycles. The van der Waals surface area contributed by atoms with E-state index in [0.29, 0.717) is 19.6 Å². The summed E-state index contributed by atoms with van der Waals surface area (Å²) < 4.78 is 6.83. The number of hydrogen-bond acceptors (Lipinski definition) is 4. The minimum absolute atomic E-state index is 0.183. The molecule has 0 unspecified atom stereocenters. The molecule has 0 bridgehead atoms. The molecule has 2 heterocycles. The molecule has 1 amide bonds. The molecule has 0 atom stereocenters. The number of hydrogen-bond donors (Lipinski definition) is 0. The summed E-state index contributed by atoms with van der Waals surface area (Å²) in [6.45, 7) is 6.10. The zero-order valence-electron chi connectivity index (χ0n) is 18.7. The summed E-state index contributed by atoms with van der Waals surface area (Å²) in [6, 6.07) is 19.5. The van der Waals surface area contributed by atoms with Gasteiger partial charge in [0.25, 0.3) is 11.5 Å². The number of ether oxygens (including phenoxy) is 1. The van der Waals surface area contributed by atoms with Crippen molar-refractivity contribution >= 4 is 5.91 Å². The second-order valence-electron chi connectivity index (χ2n) is 8.26. The minimum atomic E-state index is -0.236. The summed E-state index contributed by atoms with van der Waals surface area (Å²) in [4.78, 5) is 30.2. The third kappa shape index (κ3) is 5.08. The van der Waals surface area contributed by atoms with E-state index >= 15 is 0 Å². The number of carbonyl (C=O) groups is 1. The van der Waals surface area contributed by atoms with Crippen LogP contribution >= 0.6 is 0 Å². The van der Waals surface area contributed by atoms with Crippen molar-refractivity contribution in [3.8, 4) is 5.75 Å². The van der Waals surface area contributed by atoms with Gasteiger partial charge in [-0.3, -0.25) is 14.5 Å². The van der Waals surface area contributed by atoms with Gasteiger partial charge in [-0.2, -0.15) is 0 Å². The molecule has 0 N–H and O–H groups in total. The first-order valence-electron chi connectivity index (χ1n) is 10.9. The second-order valence-corrected chi connectivity index (χ2v) is 8.26. The highest BCUT2D eigenvalue weighted by Crippen LogP contribution is 2.15. The first-order valence-corrected chi connectivity index (χ1v) is 10.9. The van der Waals surface area contributed by atoms with E-state index in [1.54, 1.807) is 34.9 Å². The molecule has 4 rings (SSSR count). The van der Waals surface area contributed by atoms with Gasteiger partial charge in [0.05, 0.1) is 13.7 Å². The van der Waals surface area contributed by atoms with E-state index in [-0.39, 0.29) is 17.0 Å². The van der Waals surface area contributed by atoms with Gasteiger partial charge in [0, 0.05) is 38.9 Å². The number of methoxy groups -OCH3 is 1. The monoisotopic (exact) mass is 431 g/mol. The molecule has 32 heavy (non-hydrogen) atoms. The molecule has 1 aliphatic rings. The number of nitrogens with zero attached hydrogens (tertiary/aromatic N) is 3. The van der Waals surface area contributed by atoms with E-state index in [2.05, 4.69) is 23.1 Å². The van der Waals surface area contributed by atoms with Crippen LogP contribution in [0.1, 0.15) is 27.0 Å². The number of carbonyl (C=O) groups excluding carboxylic acids is 1. The number of benzene rings is 2. The molecule has 0 radical (unpaired) electrons. The summed E-state index contributed by atoms with van der Waals surface area (Å²) in [7, 11) is 1.66. The highest BCUT2D eigenvalue weighted by molar-refractivity contribution is 5.93. The maximum Gasteiger partial charge on any atom is 0.263 e. The van der Waals surface area contributed by atoms with Crippen LogP contribution in [0.3, 0.4) is 0 Å². The van der Waals surface area contributed by atoms with Crippen molar-refractivity contribution in [2.45, 2.75) is 20.0 Å². The molecule has 0 saturated carbocycles. The van der Waals surface area contributed by atoms with Crippen molar-refractivity contribution in [1.82, 2.24) is 14.4 Å². The Bertz CT molecular complexity index is 1130. The van der Waals surface area contributed by atoms with Gasteiger partial charge in [0.1, 0.15) is 11.3 Å². The van der Waals surface area contributed by atoms with Crippen LogP contribution in [0.25, 0.3) is 0 Å². The van der Waals surface area contributed by atoms with Crippen LogP contribution in [0.15, 0.2) is 71.7 Å². The van der Waals surface area contributed by atoms with Crippen molar-refractivity contribution in [1.29, 1.82) is 0 Å². The summed E-state index contributed by atoms with van der Waals surface area (Å²) in [5.74, 6) is 0.665. The Balaban J connectivity index is 1.39. The van der Waals surface area contributed by atoms with Gasteiger partial charge < -0.3 is 14.2 Å². The van der Waals surface area contributed by atoms with Crippen molar-refractivity contribution < 1.29 is 9.53 Å². The Morgan fingerprint density at radius 2 is 1.66 bits per heavy atom. The standard InChI is InChI=1S/C26H29N3O3/c1-20-5-3-6-22(17-20)19-29-12-4-7-24(26(29)31)25(30)28-15-13-27(14-16-28)18-21-8-10-23(32-2)11-9-21/h3-12,17H,13-16,18-19H2,1-2H3. The summed E-state index contributed by atoms with van der Waals surface area (Å²) in [5, 5.41) is 0. The highest BCUT2D eigenvalue weighted by Gasteiger charge is 2.24. The Morgan fingerprint density at radius 1 is 0.906 bits per heavy atom. The Morgan fingerprint density at radius 3 is 2.34 bits per heavy atom. The molecule has 1 saturated heterocycles. The normalized spacial score (nSPS) is 14.4. The lowest BCUT2D eigenvalue weighted by Crippen LogP contribution is -2.49. The van der Waals surface area contributed by atoms with Crippen molar-refractivity contribution in [2.75, 3.05) is 33.3 Å². The third-order valence-corrected chi connectivity index (χ3v) is 5.91. The largest absolute Gasteiger partial charge is 0.497 e. The van der Waals surface area contributed by atoms with Gasteiger partial charge in [0.2, 0.25) is 0 Å². The number of amides is 1. The molecule has 1 fully saturated rings. The summed E-state index contributed by atoms with van der Waals surface area (Å²) in [5.41, 5.74) is 3.41. The van der Waals surface area contributed by atoms with E-state index < -0.39 is 0 Å². The first-order chi connectivity index (χ1) is 15.5. The predicted octanol–water partition coefficient (Wildman–Crippen LogP) is 3.17. The molecule has 0 spiro atoms. The highest BCUT2D eigenvalue weighted by atomic mass is 16.5. The van der Waals surface area contributed by atoms with Crippen LogP contribution in [-0.2, 0) is 13.1 Å². The van der Waals surface area contributed by atoms with E-state index in [1.165, 1.54) is 5.56 Å². The lowest BCUT2D eigenvalue weighted by Gasteiger charge is -2.34. The van der Waals surface area contributed by atoms with Crippen LogP contribution in [0.5, 0.6) is 5.75 Å². The van der Waals surface area contributed by atoms with Crippen LogP contribution in [0.2, 0.25) is 0 Å². The number of rotatable bonds is 6. The van der Waals surface area contributed by atoms with Crippen LogP contribution < -0.4 is 10.3 Å². The molecule has 6 heteroatoms. The van der Waals surface area contributed by atoms with Crippen molar-refractivity contribution in [2.24, 2.45) is 0 Å². The maximum atomic E-state index is 13.1. The van der Waals surface area contributed by atoms with Crippen LogP contribution in [0, 0.1) is 6.92 Å². The average Bonchev–Trinajstić information content (AvgIpc) is 2.81. The predicted molar refractivity (Wildman–Crippen MR) is 125 cm³/mol. The quantitative estimate of drug-likeness (QED) is 0.602. The van der Waals surface area contributed by atoms with Gasteiger partial charge in [0.15, 0.2) is 0 Å². The zero-order valence-corrected chi connectivity index (χ0v) is 18.7. The van der Waals surface area contributed by atoms with Crippen molar-refractivity contribution in [3.05, 3.63) is 99.5 Å². The topological polar surface area (TPSA) is 54.8 Å². The molecular formula is C26H29N3O3. The Kier molecular flexibility index (Phi) is 6.71. The molecule has 0 aliphatic carbocycles. The number of aryl methyl sites for hydroxylation is 1. The van der Waals surface area contributed by atoms with E-state index in [1.807, 2.05) is 37.3 Å². The van der Waals surface area contributed by atoms with Gasteiger partial charge >= 0.3 is 0 Å². The lowest BCUT2D eigenvalue weighted by molar-refractivity contribution is 0.0626. The van der Waals surface area contributed by atoms with E-state index in [9.17, 15) is 9.59 Å². The molecule has 3 aromatic rings. The van der Waals surface area contributed by atoms with Crippen molar-refractivity contribution in [3.63, 3.8) is 0 Å². The molecule has 1 aromatic heterocycles. The fourth-order valence-electron chi connectivity index (χ4n) is 4.10. The van der Waals surface area contributed by atoms with E-state index in [4.69, 9.17) is 4.74 Å². The number of pyridine rings is 1. The zero-order chi connectivity index (χ0) is 22.5. The minimum Gasteiger partial charge on any atom is -0.497 e. The van der Waals surface area contributed by atoms with Gasteiger partial charge in [-0.1, -0.05) is 42.0 Å². The summed E-state index contributed by atoms with van der Waals surface area (Å²) >= 11 is 0. The second kappa shape index (κ2) is 9.83. The van der Waals surface area contributed by atoms with E-state index in [0.717, 1.165) is 36.5 Å². The Hall–Kier alpha value is -3.38. The average molecular weight is 432 g/mol. The SMILES string of the molecule is COc1ccc(CN2CCN(C(=O)c3cccn(Cc4cccc(C)c4)c3=O)CC2)cc1. The van der Waals surface area contributed by atoms with Gasteiger partial charge in [-0.25, -0.2) is 0 Å². The third-order valence-electron chi connectivity index (χ3n) is 5.91. The molecular weight excluding hydrogens is 402 g/mol. The molecule has 166 valence electrons. The molecule has 6 nitrogen and oxygen atoms in total. The summed E-state index contributed by atoms with van der Waals surface area (Å²) in [6.07, 6.45) is 1.74. The fourth-order valence-corrected chi connectivity index (χ4v) is 4.10. The fraction of sp³-hybridized carbons (Fsp3) is 0.308. The smallest absolute Gasteiger partial charge is 0.263 e. The number of aromatic nitrogens is 1. The van der Waals surface area contributed by atoms with Crippen LogP contribution in [-0.4, -0.2) is 53.6 Å². The Labute approximate surface area is 188 Å². The van der Waals surface area contributed by atoms with Gasteiger partial charge in [-0.05, 0) is 42.3 Å². The van der Waals surface area contributed by atoms with Gasteiger partial charge in [-0.15, -0.1) is 0 Å². The van der Waals surface area contributed by atoms with Crippen LogP contribution in [0.4, 0.5) is 0 Å². The molecule has 1 aliphatic heterocycles. The lowest BCUT2D eigenvalue weighted by atomic mass is 10.1.